The Bertz CT molecular complexity index is 570. The van der Waals surface area contributed by atoms with Crippen molar-refractivity contribution in [3.63, 3.8) is 0 Å². The number of likely N-dealkylation sites (N-methyl/N-ethyl adjacent to an activating group) is 1. The number of pyridine rings is 1. The minimum atomic E-state index is 0.0716. The van der Waals surface area contributed by atoms with Crippen molar-refractivity contribution in [1.29, 1.82) is 0 Å². The lowest BCUT2D eigenvalue weighted by molar-refractivity contribution is 0.0942. The maximum atomic E-state index is 12.2. The van der Waals surface area contributed by atoms with Crippen LogP contribution in [-0.4, -0.2) is 36.4 Å². The predicted molar refractivity (Wildman–Crippen MR) is 77.9 cm³/mol. The Morgan fingerprint density at radius 2 is 2.10 bits per heavy atom. The van der Waals surface area contributed by atoms with Gasteiger partial charge in [0.05, 0.1) is 19.3 Å². The summed E-state index contributed by atoms with van der Waals surface area (Å²) in [5, 5.41) is 0. The van der Waals surface area contributed by atoms with Crippen molar-refractivity contribution in [2.75, 3.05) is 20.7 Å². The molecule has 0 radical (unpaired) electrons. The Morgan fingerprint density at radius 1 is 1.25 bits per heavy atom. The van der Waals surface area contributed by atoms with Gasteiger partial charge in [0, 0.05) is 18.3 Å². The second kappa shape index (κ2) is 6.82. The second-order valence-electron chi connectivity index (χ2n) is 4.65. The Labute approximate surface area is 119 Å². The van der Waals surface area contributed by atoms with E-state index in [0.717, 1.165) is 5.69 Å². The summed E-state index contributed by atoms with van der Waals surface area (Å²) < 4.78 is 5.13. The number of hydrogen-bond donors (Lipinski definition) is 0. The molecule has 0 aliphatic heterocycles. The molecule has 1 aromatic heterocycles. The Morgan fingerprint density at radius 3 is 2.80 bits per heavy atom. The molecule has 0 spiro atoms. The van der Waals surface area contributed by atoms with Gasteiger partial charge in [-0.3, -0.25) is 14.7 Å². The number of nitrogens with zero attached hydrogens (tertiary/aromatic N) is 2. The molecule has 104 valence electrons. The van der Waals surface area contributed by atoms with E-state index in [1.807, 2.05) is 42.3 Å². The first kappa shape index (κ1) is 14.2. The van der Waals surface area contributed by atoms with E-state index in [0.29, 0.717) is 24.4 Å². The van der Waals surface area contributed by atoms with Crippen molar-refractivity contribution >= 4 is 5.78 Å². The Kier molecular flexibility index (Phi) is 4.85. The van der Waals surface area contributed by atoms with Crippen LogP contribution in [0.15, 0.2) is 48.7 Å². The minimum absolute atomic E-state index is 0.0716. The van der Waals surface area contributed by atoms with Gasteiger partial charge in [-0.15, -0.1) is 0 Å². The average molecular weight is 270 g/mol. The van der Waals surface area contributed by atoms with Crippen LogP contribution < -0.4 is 4.74 Å². The first-order chi connectivity index (χ1) is 9.69. The zero-order valence-corrected chi connectivity index (χ0v) is 11.7. The van der Waals surface area contributed by atoms with Crippen molar-refractivity contribution < 1.29 is 9.53 Å². The van der Waals surface area contributed by atoms with Crippen molar-refractivity contribution in [2.45, 2.75) is 6.54 Å². The molecule has 0 unspecified atom stereocenters. The summed E-state index contributed by atoms with van der Waals surface area (Å²) in [4.78, 5) is 18.4. The van der Waals surface area contributed by atoms with Crippen LogP contribution >= 0.6 is 0 Å². The number of ether oxygens (including phenoxy) is 1. The summed E-state index contributed by atoms with van der Waals surface area (Å²) in [5.74, 6) is 0.769. The molecule has 0 saturated carbocycles. The van der Waals surface area contributed by atoms with Gasteiger partial charge >= 0.3 is 0 Å². The van der Waals surface area contributed by atoms with Crippen LogP contribution in [0.1, 0.15) is 16.1 Å². The lowest BCUT2D eigenvalue weighted by Gasteiger charge is -2.15. The predicted octanol–water partition coefficient (Wildman–Crippen LogP) is 2.40. The fraction of sp³-hybridized carbons (Fsp3) is 0.250. The van der Waals surface area contributed by atoms with Crippen molar-refractivity contribution in [1.82, 2.24) is 9.88 Å². The van der Waals surface area contributed by atoms with Gasteiger partial charge in [-0.25, -0.2) is 0 Å². The molecule has 1 heterocycles. The molecular formula is C16H18N2O2. The van der Waals surface area contributed by atoms with Gasteiger partial charge in [-0.2, -0.15) is 0 Å². The van der Waals surface area contributed by atoms with Gasteiger partial charge in [0.1, 0.15) is 5.75 Å². The standard InChI is InChI=1S/C16H18N2O2/c1-18(11-14-7-3-4-9-17-14)12-16(19)13-6-5-8-15(10-13)20-2/h3-10H,11-12H2,1-2H3. The quantitative estimate of drug-likeness (QED) is 0.756. The molecule has 0 atom stereocenters. The van der Waals surface area contributed by atoms with E-state index >= 15 is 0 Å². The van der Waals surface area contributed by atoms with Gasteiger partial charge < -0.3 is 4.74 Å². The largest absolute Gasteiger partial charge is 0.497 e. The summed E-state index contributed by atoms with van der Waals surface area (Å²) in [6, 6.07) is 13.0. The topological polar surface area (TPSA) is 42.4 Å². The summed E-state index contributed by atoms with van der Waals surface area (Å²) >= 11 is 0. The van der Waals surface area contributed by atoms with Crippen LogP contribution in [0.5, 0.6) is 5.75 Å². The molecule has 0 saturated heterocycles. The SMILES string of the molecule is COc1cccc(C(=O)CN(C)Cc2ccccn2)c1. The normalized spacial score (nSPS) is 10.6. The fourth-order valence-corrected chi connectivity index (χ4v) is 1.96. The zero-order valence-electron chi connectivity index (χ0n) is 11.7. The third-order valence-corrected chi connectivity index (χ3v) is 2.96. The molecular weight excluding hydrogens is 252 g/mol. The molecule has 2 rings (SSSR count). The van der Waals surface area contributed by atoms with Crippen molar-refractivity contribution in [3.8, 4) is 5.75 Å². The highest BCUT2D eigenvalue weighted by Gasteiger charge is 2.10. The first-order valence-electron chi connectivity index (χ1n) is 6.45. The number of methoxy groups -OCH3 is 1. The van der Waals surface area contributed by atoms with Gasteiger partial charge in [-0.05, 0) is 31.3 Å². The summed E-state index contributed by atoms with van der Waals surface area (Å²) in [6.45, 7) is 1.00. The van der Waals surface area contributed by atoms with Gasteiger partial charge in [0.15, 0.2) is 5.78 Å². The molecule has 0 bridgehead atoms. The highest BCUT2D eigenvalue weighted by Crippen LogP contribution is 2.13. The first-order valence-corrected chi connectivity index (χ1v) is 6.45. The van der Waals surface area contributed by atoms with Gasteiger partial charge in [0.25, 0.3) is 0 Å². The highest BCUT2D eigenvalue weighted by atomic mass is 16.5. The van der Waals surface area contributed by atoms with Crippen LogP contribution in [0.25, 0.3) is 0 Å². The molecule has 0 aliphatic rings. The number of Topliss-reactive ketones (excluding diaryl/α,β-unsaturated/α-hetero) is 1. The van der Waals surface area contributed by atoms with Crippen LogP contribution in [0.2, 0.25) is 0 Å². The smallest absolute Gasteiger partial charge is 0.176 e. The van der Waals surface area contributed by atoms with E-state index in [-0.39, 0.29) is 5.78 Å². The average Bonchev–Trinajstić information content (AvgIpc) is 2.48. The molecule has 0 N–H and O–H groups in total. The number of hydrogen-bond acceptors (Lipinski definition) is 4. The minimum Gasteiger partial charge on any atom is -0.497 e. The zero-order chi connectivity index (χ0) is 14.4. The van der Waals surface area contributed by atoms with Crippen molar-refractivity contribution in [3.05, 3.63) is 59.9 Å². The van der Waals surface area contributed by atoms with Gasteiger partial charge in [-0.1, -0.05) is 18.2 Å². The highest BCUT2D eigenvalue weighted by molar-refractivity contribution is 5.97. The van der Waals surface area contributed by atoms with E-state index in [4.69, 9.17) is 4.74 Å². The molecule has 0 amide bonds. The number of benzene rings is 1. The van der Waals surface area contributed by atoms with Crippen LogP contribution in [0, 0.1) is 0 Å². The van der Waals surface area contributed by atoms with E-state index in [1.54, 1.807) is 25.4 Å². The van der Waals surface area contributed by atoms with Crippen LogP contribution in [0.4, 0.5) is 0 Å². The summed E-state index contributed by atoms with van der Waals surface area (Å²) in [7, 11) is 3.50. The molecule has 4 nitrogen and oxygen atoms in total. The number of aromatic nitrogens is 1. The number of rotatable bonds is 6. The van der Waals surface area contributed by atoms with E-state index in [2.05, 4.69) is 4.98 Å². The molecule has 2 aromatic rings. The maximum absolute atomic E-state index is 12.2. The van der Waals surface area contributed by atoms with E-state index < -0.39 is 0 Å². The summed E-state index contributed by atoms with van der Waals surface area (Å²) in [6.07, 6.45) is 1.76. The number of carbonyl (C=O) groups is 1. The molecule has 20 heavy (non-hydrogen) atoms. The van der Waals surface area contributed by atoms with E-state index in [9.17, 15) is 4.79 Å². The van der Waals surface area contributed by atoms with Crippen molar-refractivity contribution in [2.24, 2.45) is 0 Å². The van der Waals surface area contributed by atoms with Crippen LogP contribution in [0.3, 0.4) is 0 Å². The second-order valence-corrected chi connectivity index (χ2v) is 4.65. The third-order valence-electron chi connectivity index (χ3n) is 2.96. The molecule has 0 fully saturated rings. The lowest BCUT2D eigenvalue weighted by atomic mass is 10.1. The molecule has 1 aromatic carbocycles. The number of ketones is 1. The monoisotopic (exact) mass is 270 g/mol. The fourth-order valence-electron chi connectivity index (χ4n) is 1.96. The Hall–Kier alpha value is -2.20. The molecule has 4 heteroatoms. The summed E-state index contributed by atoms with van der Waals surface area (Å²) in [5.41, 5.74) is 1.62. The lowest BCUT2D eigenvalue weighted by Crippen LogP contribution is -2.26. The molecule has 0 aliphatic carbocycles. The van der Waals surface area contributed by atoms with E-state index in [1.165, 1.54) is 0 Å². The third kappa shape index (κ3) is 3.90. The Balaban J connectivity index is 1.96. The van der Waals surface area contributed by atoms with Gasteiger partial charge in [0.2, 0.25) is 0 Å². The van der Waals surface area contributed by atoms with Crippen LogP contribution in [-0.2, 0) is 6.54 Å². The maximum Gasteiger partial charge on any atom is 0.176 e. The number of carbonyl (C=O) groups excluding carboxylic acids is 1.